The number of anilines is 1. The van der Waals surface area contributed by atoms with Crippen molar-refractivity contribution in [2.45, 2.75) is 37.1 Å². The molecule has 0 amide bonds. The van der Waals surface area contributed by atoms with Gasteiger partial charge in [0.2, 0.25) is 0 Å². The topological polar surface area (TPSA) is 75.3 Å². The van der Waals surface area contributed by atoms with E-state index in [1.54, 1.807) is 7.11 Å². The SMILES string of the molecule is COCC1CCCN1C1COc2ccccc2C1Nc1ncnc2[nH]c(C(F)(F)F)cc12. The zero-order valence-electron chi connectivity index (χ0n) is 17.5. The second kappa shape index (κ2) is 8.25. The van der Waals surface area contributed by atoms with E-state index in [4.69, 9.17) is 9.47 Å². The van der Waals surface area contributed by atoms with Gasteiger partial charge in [0.15, 0.2) is 0 Å². The molecule has 3 unspecified atom stereocenters. The van der Waals surface area contributed by atoms with Crippen molar-refractivity contribution < 1.29 is 22.6 Å². The molecule has 1 fully saturated rings. The van der Waals surface area contributed by atoms with Crippen LogP contribution >= 0.6 is 0 Å². The molecule has 0 bridgehead atoms. The third-order valence-electron chi connectivity index (χ3n) is 6.28. The molecule has 2 aliphatic rings. The summed E-state index contributed by atoms with van der Waals surface area (Å²) < 4.78 is 51.3. The van der Waals surface area contributed by atoms with Gasteiger partial charge in [-0.25, -0.2) is 9.97 Å². The minimum Gasteiger partial charge on any atom is -0.491 e. The van der Waals surface area contributed by atoms with Gasteiger partial charge in [0.05, 0.1) is 24.1 Å². The highest BCUT2D eigenvalue weighted by atomic mass is 19.4. The molecule has 2 aromatic heterocycles. The summed E-state index contributed by atoms with van der Waals surface area (Å²) >= 11 is 0. The van der Waals surface area contributed by atoms with Gasteiger partial charge < -0.3 is 19.8 Å². The zero-order valence-corrected chi connectivity index (χ0v) is 17.5. The molecule has 1 saturated heterocycles. The number of H-pyrrole nitrogens is 1. The Bertz CT molecular complexity index is 1100. The first kappa shape index (κ1) is 21.0. The lowest BCUT2D eigenvalue weighted by Gasteiger charge is -2.41. The number of aromatic amines is 1. The van der Waals surface area contributed by atoms with Crippen LogP contribution in [0.3, 0.4) is 0 Å². The van der Waals surface area contributed by atoms with Gasteiger partial charge in [0.25, 0.3) is 0 Å². The van der Waals surface area contributed by atoms with E-state index in [0.29, 0.717) is 24.4 Å². The molecule has 4 heterocycles. The van der Waals surface area contributed by atoms with E-state index in [0.717, 1.165) is 36.8 Å². The summed E-state index contributed by atoms with van der Waals surface area (Å²) in [7, 11) is 1.70. The Kier molecular flexibility index (Phi) is 5.42. The molecule has 1 aromatic carbocycles. The standard InChI is InChI=1S/C22H24F3N5O2/c1-31-10-13-5-4-8-30(13)16-11-32-17-7-3-2-6-14(17)19(16)29-21-15-9-18(22(23,24)25)28-20(15)26-12-27-21/h2-3,6-7,9,12-13,16,19H,4-5,8,10-11H2,1H3,(H2,26,27,28,29). The molecule has 0 saturated carbocycles. The number of para-hydroxylation sites is 1. The van der Waals surface area contributed by atoms with Crippen LogP contribution in [0, 0.1) is 0 Å². The second-order valence-corrected chi connectivity index (χ2v) is 8.19. The van der Waals surface area contributed by atoms with Gasteiger partial charge in [-0.05, 0) is 31.5 Å². The smallest absolute Gasteiger partial charge is 0.431 e. The van der Waals surface area contributed by atoms with Crippen molar-refractivity contribution in [1.29, 1.82) is 0 Å². The number of rotatable bonds is 5. The Hall–Kier alpha value is -2.85. The number of methoxy groups -OCH3 is 1. The molecular formula is C22H24F3N5O2. The van der Waals surface area contributed by atoms with Gasteiger partial charge in [0, 0.05) is 18.7 Å². The Morgan fingerprint density at radius 1 is 1.28 bits per heavy atom. The molecule has 0 aliphatic carbocycles. The predicted molar refractivity (Wildman–Crippen MR) is 113 cm³/mol. The number of ether oxygens (including phenoxy) is 2. The van der Waals surface area contributed by atoms with Gasteiger partial charge in [-0.15, -0.1) is 0 Å². The highest BCUT2D eigenvalue weighted by Crippen LogP contribution is 2.40. The van der Waals surface area contributed by atoms with E-state index in [9.17, 15) is 13.2 Å². The largest absolute Gasteiger partial charge is 0.491 e. The zero-order chi connectivity index (χ0) is 22.3. The molecule has 7 nitrogen and oxygen atoms in total. The fraction of sp³-hybridized carbons (Fsp3) is 0.455. The average Bonchev–Trinajstić information content (AvgIpc) is 3.42. The number of aromatic nitrogens is 3. The number of benzene rings is 1. The lowest BCUT2D eigenvalue weighted by molar-refractivity contribution is -0.140. The monoisotopic (exact) mass is 447 g/mol. The van der Waals surface area contributed by atoms with E-state index in [2.05, 4.69) is 25.2 Å². The summed E-state index contributed by atoms with van der Waals surface area (Å²) in [6.07, 6.45) is -1.13. The number of alkyl halides is 3. The molecule has 2 aliphatic heterocycles. The highest BCUT2D eigenvalue weighted by Gasteiger charge is 2.40. The first-order valence-corrected chi connectivity index (χ1v) is 10.6. The Labute approximate surface area is 182 Å². The summed E-state index contributed by atoms with van der Waals surface area (Å²) in [5.41, 5.74) is 0.245. The van der Waals surface area contributed by atoms with Crippen molar-refractivity contribution in [2.75, 3.05) is 32.2 Å². The minimum absolute atomic E-state index is 0.0291. The number of hydrogen-bond acceptors (Lipinski definition) is 6. The average molecular weight is 447 g/mol. The third-order valence-corrected chi connectivity index (χ3v) is 6.28. The minimum atomic E-state index is -4.49. The Morgan fingerprint density at radius 3 is 2.94 bits per heavy atom. The molecule has 10 heteroatoms. The van der Waals surface area contributed by atoms with E-state index >= 15 is 0 Å². The van der Waals surface area contributed by atoms with Gasteiger partial charge in [-0.2, -0.15) is 13.2 Å². The van der Waals surface area contributed by atoms with Gasteiger partial charge in [-0.1, -0.05) is 18.2 Å². The maximum absolute atomic E-state index is 13.3. The van der Waals surface area contributed by atoms with Crippen LogP contribution < -0.4 is 10.1 Å². The summed E-state index contributed by atoms with van der Waals surface area (Å²) in [5.74, 6) is 1.12. The van der Waals surface area contributed by atoms with E-state index < -0.39 is 11.9 Å². The molecule has 3 atom stereocenters. The first-order chi connectivity index (χ1) is 15.5. The molecule has 5 rings (SSSR count). The van der Waals surface area contributed by atoms with Crippen LogP contribution in [0.25, 0.3) is 11.0 Å². The third kappa shape index (κ3) is 3.77. The van der Waals surface area contributed by atoms with Crippen LogP contribution in [0.1, 0.15) is 30.1 Å². The number of halogens is 3. The fourth-order valence-corrected chi connectivity index (χ4v) is 4.83. The fourth-order valence-electron chi connectivity index (χ4n) is 4.83. The maximum Gasteiger partial charge on any atom is 0.431 e. The molecular weight excluding hydrogens is 423 g/mol. The lowest BCUT2D eigenvalue weighted by Crippen LogP contribution is -2.51. The molecule has 170 valence electrons. The summed E-state index contributed by atoms with van der Waals surface area (Å²) in [6, 6.07) is 8.80. The number of nitrogens with zero attached hydrogens (tertiary/aromatic N) is 3. The van der Waals surface area contributed by atoms with E-state index in [-0.39, 0.29) is 23.8 Å². The van der Waals surface area contributed by atoms with Crippen molar-refractivity contribution in [3.63, 3.8) is 0 Å². The van der Waals surface area contributed by atoms with Gasteiger partial charge in [0.1, 0.15) is 35.8 Å². The number of likely N-dealkylation sites (tertiary alicyclic amines) is 1. The lowest BCUT2D eigenvalue weighted by atomic mass is 9.94. The first-order valence-electron chi connectivity index (χ1n) is 10.6. The number of fused-ring (bicyclic) bond motifs is 2. The highest BCUT2D eigenvalue weighted by molar-refractivity contribution is 5.88. The summed E-state index contributed by atoms with van der Waals surface area (Å²) in [6.45, 7) is 1.99. The van der Waals surface area contributed by atoms with E-state index in [1.165, 1.54) is 6.33 Å². The van der Waals surface area contributed by atoms with Crippen molar-refractivity contribution in [1.82, 2.24) is 19.9 Å². The van der Waals surface area contributed by atoms with Crippen molar-refractivity contribution in [3.05, 3.63) is 47.9 Å². The van der Waals surface area contributed by atoms with Crippen LogP contribution in [0.2, 0.25) is 0 Å². The molecule has 0 spiro atoms. The second-order valence-electron chi connectivity index (χ2n) is 8.19. The van der Waals surface area contributed by atoms with Crippen molar-refractivity contribution >= 4 is 16.9 Å². The molecule has 3 aromatic rings. The van der Waals surface area contributed by atoms with E-state index in [1.807, 2.05) is 24.3 Å². The van der Waals surface area contributed by atoms with Crippen LogP contribution in [0.4, 0.5) is 19.0 Å². The predicted octanol–water partition coefficient (Wildman–Crippen LogP) is 4.00. The molecule has 0 radical (unpaired) electrons. The number of nitrogens with one attached hydrogen (secondary N) is 2. The molecule has 2 N–H and O–H groups in total. The van der Waals surface area contributed by atoms with Crippen molar-refractivity contribution in [2.24, 2.45) is 0 Å². The Morgan fingerprint density at radius 2 is 2.12 bits per heavy atom. The van der Waals surface area contributed by atoms with Gasteiger partial charge in [-0.3, -0.25) is 4.90 Å². The summed E-state index contributed by atoms with van der Waals surface area (Å²) in [5, 5.41) is 3.74. The molecule has 32 heavy (non-hydrogen) atoms. The van der Waals surface area contributed by atoms with Gasteiger partial charge >= 0.3 is 6.18 Å². The maximum atomic E-state index is 13.3. The van der Waals surface area contributed by atoms with Crippen LogP contribution in [0.15, 0.2) is 36.7 Å². The van der Waals surface area contributed by atoms with Crippen LogP contribution in [0.5, 0.6) is 5.75 Å². The Balaban J connectivity index is 1.54. The van der Waals surface area contributed by atoms with Crippen molar-refractivity contribution in [3.8, 4) is 5.75 Å². The van der Waals surface area contributed by atoms with Crippen LogP contribution in [-0.4, -0.2) is 58.8 Å². The number of hydrogen-bond donors (Lipinski definition) is 2. The summed E-state index contributed by atoms with van der Waals surface area (Å²) in [4.78, 5) is 13.0. The van der Waals surface area contributed by atoms with Crippen LogP contribution in [-0.2, 0) is 10.9 Å². The normalized spacial score (nSPS) is 23.8. The quantitative estimate of drug-likeness (QED) is 0.616.